The summed E-state index contributed by atoms with van der Waals surface area (Å²) in [4.78, 5) is 11.6. The highest BCUT2D eigenvalue weighted by Gasteiger charge is 2.05. The molecule has 3 N–H and O–H groups in total. The first-order chi connectivity index (χ1) is 10.9. The number of benzene rings is 1. The van der Waals surface area contributed by atoms with E-state index >= 15 is 0 Å². The number of amides is 2. The van der Waals surface area contributed by atoms with Gasteiger partial charge in [-0.15, -0.1) is 10.2 Å². The average Bonchev–Trinajstić information content (AvgIpc) is 2.49. The minimum atomic E-state index is -0.292. The average molecular weight is 313 g/mol. The minimum Gasteiger partial charge on any atom is -0.339 e. The normalized spacial score (nSPS) is 10.7. The van der Waals surface area contributed by atoms with E-state index in [4.69, 9.17) is 0 Å². The van der Waals surface area contributed by atoms with Gasteiger partial charge in [0, 0.05) is 11.7 Å². The third-order valence-corrected chi connectivity index (χ3v) is 3.18. The van der Waals surface area contributed by atoms with Gasteiger partial charge in [-0.1, -0.05) is 26.0 Å². The van der Waals surface area contributed by atoms with Crippen LogP contribution >= 0.6 is 0 Å². The molecule has 1 heterocycles. The third-order valence-electron chi connectivity index (χ3n) is 3.18. The molecular weight excluding hydrogens is 290 g/mol. The first-order valence-electron chi connectivity index (χ1n) is 7.72. The highest BCUT2D eigenvalue weighted by molar-refractivity contribution is 5.88. The van der Waals surface area contributed by atoms with Gasteiger partial charge in [0.05, 0.1) is 0 Å². The Morgan fingerprint density at radius 2 is 1.52 bits per heavy atom. The van der Waals surface area contributed by atoms with Gasteiger partial charge in [-0.3, -0.25) is 5.32 Å². The zero-order valence-corrected chi connectivity index (χ0v) is 13.9. The fourth-order valence-electron chi connectivity index (χ4n) is 1.98. The molecule has 0 radical (unpaired) electrons. The van der Waals surface area contributed by atoms with Gasteiger partial charge >= 0.3 is 6.03 Å². The standard InChI is InChI=1S/C17H23N5O/c1-11(2)13-5-7-14(8-6-13)19-15-9-10-16(22-21-15)20-17(23)18-12(3)4/h5-12H,1-4H3,(H,19,21)(H2,18,20,22,23). The van der Waals surface area contributed by atoms with Crippen molar-refractivity contribution in [3.8, 4) is 0 Å². The van der Waals surface area contributed by atoms with Crippen molar-refractivity contribution in [3.63, 3.8) is 0 Å². The molecule has 0 aliphatic heterocycles. The van der Waals surface area contributed by atoms with Crippen LogP contribution in [0.2, 0.25) is 0 Å². The molecule has 23 heavy (non-hydrogen) atoms. The van der Waals surface area contributed by atoms with Gasteiger partial charge in [-0.05, 0) is 49.6 Å². The van der Waals surface area contributed by atoms with Crippen molar-refractivity contribution in [3.05, 3.63) is 42.0 Å². The zero-order chi connectivity index (χ0) is 16.8. The van der Waals surface area contributed by atoms with E-state index in [1.807, 2.05) is 26.0 Å². The fraction of sp³-hybridized carbons (Fsp3) is 0.353. The lowest BCUT2D eigenvalue weighted by Crippen LogP contribution is -2.34. The quantitative estimate of drug-likeness (QED) is 0.783. The summed E-state index contributed by atoms with van der Waals surface area (Å²) in [6, 6.07) is 11.5. The predicted molar refractivity (Wildman–Crippen MR) is 93.1 cm³/mol. The molecule has 0 saturated heterocycles. The maximum absolute atomic E-state index is 11.6. The second-order valence-electron chi connectivity index (χ2n) is 5.96. The van der Waals surface area contributed by atoms with E-state index in [2.05, 4.69) is 52.1 Å². The van der Waals surface area contributed by atoms with Crippen LogP contribution < -0.4 is 16.0 Å². The summed E-state index contributed by atoms with van der Waals surface area (Å²) in [7, 11) is 0. The summed E-state index contributed by atoms with van der Waals surface area (Å²) >= 11 is 0. The van der Waals surface area contributed by atoms with Crippen LogP contribution in [0.15, 0.2) is 36.4 Å². The summed E-state index contributed by atoms with van der Waals surface area (Å²) in [5, 5.41) is 16.6. The number of nitrogens with one attached hydrogen (secondary N) is 3. The largest absolute Gasteiger partial charge is 0.339 e. The number of anilines is 3. The van der Waals surface area contributed by atoms with Crippen LogP contribution in [0.5, 0.6) is 0 Å². The number of hydrogen-bond acceptors (Lipinski definition) is 4. The Morgan fingerprint density at radius 3 is 2.04 bits per heavy atom. The predicted octanol–water partition coefficient (Wildman–Crippen LogP) is 3.87. The van der Waals surface area contributed by atoms with Crippen molar-refractivity contribution in [2.75, 3.05) is 10.6 Å². The molecule has 2 rings (SSSR count). The molecule has 0 saturated carbocycles. The summed E-state index contributed by atoms with van der Waals surface area (Å²) < 4.78 is 0. The molecule has 2 aromatic rings. The Labute approximate surface area is 136 Å². The second kappa shape index (κ2) is 7.58. The van der Waals surface area contributed by atoms with Crippen molar-refractivity contribution in [1.29, 1.82) is 0 Å². The van der Waals surface area contributed by atoms with Crippen LogP contribution in [0, 0.1) is 0 Å². The van der Waals surface area contributed by atoms with Crippen LogP contribution in [0.3, 0.4) is 0 Å². The number of rotatable bonds is 5. The van der Waals surface area contributed by atoms with Gasteiger partial charge < -0.3 is 10.6 Å². The molecule has 1 aromatic carbocycles. The SMILES string of the molecule is CC(C)NC(=O)Nc1ccc(Nc2ccc(C(C)C)cc2)nn1. The van der Waals surface area contributed by atoms with E-state index in [0.29, 0.717) is 17.6 Å². The lowest BCUT2D eigenvalue weighted by Gasteiger charge is -2.10. The lowest BCUT2D eigenvalue weighted by atomic mass is 10.0. The Balaban J connectivity index is 1.95. The van der Waals surface area contributed by atoms with Gasteiger partial charge in [0.1, 0.15) is 0 Å². The molecule has 0 aliphatic carbocycles. The van der Waals surface area contributed by atoms with Crippen LogP contribution in [0.25, 0.3) is 0 Å². The molecule has 0 bridgehead atoms. The van der Waals surface area contributed by atoms with Crippen LogP contribution in [-0.4, -0.2) is 22.3 Å². The Hall–Kier alpha value is -2.63. The van der Waals surface area contributed by atoms with Gasteiger partial charge in [0.25, 0.3) is 0 Å². The highest BCUT2D eigenvalue weighted by Crippen LogP contribution is 2.19. The van der Waals surface area contributed by atoms with Gasteiger partial charge in [0.15, 0.2) is 11.6 Å². The summed E-state index contributed by atoms with van der Waals surface area (Å²) in [5.41, 5.74) is 2.24. The Bertz CT molecular complexity index is 635. The van der Waals surface area contributed by atoms with Crippen LogP contribution in [-0.2, 0) is 0 Å². The Kier molecular flexibility index (Phi) is 5.51. The molecule has 6 heteroatoms. The van der Waals surface area contributed by atoms with Crippen molar-refractivity contribution in [2.45, 2.75) is 39.7 Å². The molecule has 1 aromatic heterocycles. The highest BCUT2D eigenvalue weighted by atomic mass is 16.2. The van der Waals surface area contributed by atoms with Crippen molar-refractivity contribution >= 4 is 23.4 Å². The third kappa shape index (κ3) is 5.25. The van der Waals surface area contributed by atoms with E-state index in [9.17, 15) is 4.79 Å². The molecule has 6 nitrogen and oxygen atoms in total. The first-order valence-corrected chi connectivity index (χ1v) is 7.72. The Morgan fingerprint density at radius 1 is 0.913 bits per heavy atom. The molecule has 2 amide bonds. The van der Waals surface area contributed by atoms with E-state index < -0.39 is 0 Å². The second-order valence-corrected chi connectivity index (χ2v) is 5.96. The molecule has 0 spiro atoms. The summed E-state index contributed by atoms with van der Waals surface area (Å²) in [5.74, 6) is 1.53. The van der Waals surface area contributed by atoms with E-state index in [-0.39, 0.29) is 12.1 Å². The number of nitrogens with zero attached hydrogens (tertiary/aromatic N) is 2. The van der Waals surface area contributed by atoms with Crippen LogP contribution in [0.4, 0.5) is 22.1 Å². The van der Waals surface area contributed by atoms with E-state index in [0.717, 1.165) is 5.69 Å². The number of carbonyl (C=O) groups is 1. The number of urea groups is 1. The summed E-state index contributed by atoms with van der Waals surface area (Å²) in [6.07, 6.45) is 0. The van der Waals surface area contributed by atoms with E-state index in [1.54, 1.807) is 12.1 Å². The molecule has 0 aliphatic rings. The number of carbonyl (C=O) groups excluding carboxylic acids is 1. The lowest BCUT2D eigenvalue weighted by molar-refractivity contribution is 0.250. The number of aromatic nitrogens is 2. The number of hydrogen-bond donors (Lipinski definition) is 3. The molecular formula is C17H23N5O. The van der Waals surface area contributed by atoms with E-state index in [1.165, 1.54) is 5.56 Å². The zero-order valence-electron chi connectivity index (χ0n) is 13.9. The smallest absolute Gasteiger partial charge is 0.320 e. The maximum Gasteiger partial charge on any atom is 0.320 e. The van der Waals surface area contributed by atoms with Gasteiger partial charge in [0.2, 0.25) is 0 Å². The van der Waals surface area contributed by atoms with Gasteiger partial charge in [-0.2, -0.15) is 0 Å². The maximum atomic E-state index is 11.6. The monoisotopic (exact) mass is 313 g/mol. The molecule has 0 fully saturated rings. The minimum absolute atomic E-state index is 0.0673. The molecule has 122 valence electrons. The van der Waals surface area contributed by atoms with Crippen LogP contribution in [0.1, 0.15) is 39.2 Å². The van der Waals surface area contributed by atoms with Gasteiger partial charge in [-0.25, -0.2) is 4.79 Å². The van der Waals surface area contributed by atoms with Crippen molar-refractivity contribution < 1.29 is 4.79 Å². The topological polar surface area (TPSA) is 78.9 Å². The first kappa shape index (κ1) is 16.7. The van der Waals surface area contributed by atoms with Crippen molar-refractivity contribution in [2.24, 2.45) is 0 Å². The molecule has 0 unspecified atom stereocenters. The summed E-state index contributed by atoms with van der Waals surface area (Å²) in [6.45, 7) is 8.11. The molecule has 0 atom stereocenters. The van der Waals surface area contributed by atoms with Crippen molar-refractivity contribution in [1.82, 2.24) is 15.5 Å². The fourth-order valence-corrected chi connectivity index (χ4v) is 1.98.